The minimum atomic E-state index is -0.114. The van der Waals surface area contributed by atoms with Crippen molar-refractivity contribution in [3.63, 3.8) is 0 Å². The molecule has 3 nitrogen and oxygen atoms in total. The summed E-state index contributed by atoms with van der Waals surface area (Å²) in [5.41, 5.74) is 5.55. The van der Waals surface area contributed by atoms with Gasteiger partial charge in [-0.15, -0.1) is 11.8 Å². The summed E-state index contributed by atoms with van der Waals surface area (Å²) >= 11 is 1.86. The van der Waals surface area contributed by atoms with Crippen molar-refractivity contribution in [2.75, 3.05) is 11.9 Å². The average Bonchev–Trinajstić information content (AvgIpc) is 2.73. The molecule has 4 heteroatoms. The van der Waals surface area contributed by atoms with Gasteiger partial charge in [0.2, 0.25) is 0 Å². The number of ether oxygens (including phenoxy) is 1. The van der Waals surface area contributed by atoms with E-state index in [9.17, 15) is 4.79 Å². The smallest absolute Gasteiger partial charge is 0.262 e. The van der Waals surface area contributed by atoms with Gasteiger partial charge in [-0.3, -0.25) is 4.79 Å². The van der Waals surface area contributed by atoms with Gasteiger partial charge in [0, 0.05) is 4.90 Å². The van der Waals surface area contributed by atoms with Crippen LogP contribution in [0.15, 0.2) is 77.7 Å². The van der Waals surface area contributed by atoms with Gasteiger partial charge >= 0.3 is 0 Å². The van der Waals surface area contributed by atoms with Gasteiger partial charge in [-0.1, -0.05) is 54.6 Å². The van der Waals surface area contributed by atoms with Gasteiger partial charge in [-0.25, -0.2) is 0 Å². The Morgan fingerprint density at radius 2 is 1.78 bits per heavy atom. The van der Waals surface area contributed by atoms with Crippen molar-refractivity contribution in [2.24, 2.45) is 0 Å². The molecule has 0 saturated carbocycles. The first-order valence-corrected chi connectivity index (χ1v) is 9.75. The van der Waals surface area contributed by atoms with Crippen molar-refractivity contribution < 1.29 is 9.53 Å². The first-order chi connectivity index (χ1) is 13.3. The minimum absolute atomic E-state index is 0.0743. The van der Waals surface area contributed by atoms with Crippen molar-refractivity contribution in [3.8, 4) is 5.75 Å². The lowest BCUT2D eigenvalue weighted by Gasteiger charge is -2.27. The summed E-state index contributed by atoms with van der Waals surface area (Å²) in [5, 5.41) is 3.11. The van der Waals surface area contributed by atoms with E-state index < -0.39 is 0 Å². The molecule has 0 saturated heterocycles. The van der Waals surface area contributed by atoms with Crippen LogP contribution in [0, 0.1) is 0 Å². The van der Waals surface area contributed by atoms with Gasteiger partial charge in [-0.05, 0) is 46.5 Å². The van der Waals surface area contributed by atoms with Gasteiger partial charge in [0.25, 0.3) is 5.91 Å². The number of rotatable bonds is 2. The van der Waals surface area contributed by atoms with Crippen LogP contribution in [0.1, 0.15) is 21.9 Å². The second-order valence-corrected chi connectivity index (χ2v) is 7.74. The molecular formula is C23H17NO2S. The average molecular weight is 371 g/mol. The number of hydrogen-bond donors (Lipinski definition) is 1. The zero-order valence-corrected chi connectivity index (χ0v) is 15.3. The number of thioether (sulfide) groups is 1. The Bertz CT molecular complexity index is 1060. The van der Waals surface area contributed by atoms with E-state index in [1.807, 2.05) is 30.0 Å². The third kappa shape index (κ3) is 3.02. The normalized spacial score (nSPS) is 17.9. The standard InChI is InChI=1S/C23H17NO2S/c25-22-14-26-20-11-10-16(13-19(20)24-22)18-12-17-8-4-5-9-21(17)27-23(18)15-6-2-1-3-7-15/h1-13,23H,14H2,(H,24,25). The molecule has 2 heterocycles. The molecule has 3 aromatic carbocycles. The maximum Gasteiger partial charge on any atom is 0.262 e. The number of amides is 1. The highest BCUT2D eigenvalue weighted by Crippen LogP contribution is 2.51. The second kappa shape index (κ2) is 6.63. The largest absolute Gasteiger partial charge is 0.482 e. The Morgan fingerprint density at radius 1 is 0.963 bits per heavy atom. The number of anilines is 1. The number of carbonyl (C=O) groups excluding carboxylic acids is 1. The van der Waals surface area contributed by atoms with Crippen LogP contribution in [-0.4, -0.2) is 12.5 Å². The van der Waals surface area contributed by atoms with E-state index in [-0.39, 0.29) is 17.8 Å². The van der Waals surface area contributed by atoms with Crippen molar-refractivity contribution >= 4 is 35.0 Å². The highest BCUT2D eigenvalue weighted by atomic mass is 32.2. The van der Waals surface area contributed by atoms with E-state index in [2.05, 4.69) is 66.0 Å². The first kappa shape index (κ1) is 16.2. The Balaban J connectivity index is 1.64. The number of benzene rings is 3. The molecule has 2 aliphatic heterocycles. The molecule has 0 aliphatic carbocycles. The molecule has 0 spiro atoms. The van der Waals surface area contributed by atoms with Crippen LogP contribution in [-0.2, 0) is 4.79 Å². The molecule has 1 unspecified atom stereocenters. The Labute approximate surface area is 162 Å². The highest BCUT2D eigenvalue weighted by molar-refractivity contribution is 8.00. The van der Waals surface area contributed by atoms with Gasteiger partial charge in [0.15, 0.2) is 6.61 Å². The Kier molecular flexibility index (Phi) is 3.98. The SMILES string of the molecule is O=C1COc2ccc(C3=Cc4ccccc4SC3c3ccccc3)cc2N1. The second-order valence-electron chi connectivity index (χ2n) is 6.59. The van der Waals surface area contributed by atoms with E-state index in [0.29, 0.717) is 0 Å². The lowest BCUT2D eigenvalue weighted by atomic mass is 9.94. The third-order valence-corrected chi connectivity index (χ3v) is 6.19. The van der Waals surface area contributed by atoms with Crippen LogP contribution >= 0.6 is 11.8 Å². The molecule has 1 amide bonds. The zero-order valence-electron chi connectivity index (χ0n) is 14.5. The minimum Gasteiger partial charge on any atom is -0.482 e. The number of fused-ring (bicyclic) bond motifs is 2. The summed E-state index contributed by atoms with van der Waals surface area (Å²) in [6, 6.07) is 25.0. The predicted molar refractivity (Wildman–Crippen MR) is 110 cm³/mol. The van der Waals surface area contributed by atoms with Gasteiger partial charge in [0.05, 0.1) is 10.9 Å². The molecule has 0 aromatic heterocycles. The van der Waals surface area contributed by atoms with Crippen molar-refractivity contribution in [1.29, 1.82) is 0 Å². The van der Waals surface area contributed by atoms with Crippen LogP contribution in [0.2, 0.25) is 0 Å². The fourth-order valence-corrected chi connectivity index (χ4v) is 4.81. The van der Waals surface area contributed by atoms with Crippen molar-refractivity contribution in [3.05, 3.63) is 89.5 Å². The third-order valence-electron chi connectivity index (χ3n) is 4.81. The van der Waals surface area contributed by atoms with Gasteiger partial charge < -0.3 is 10.1 Å². The molecule has 1 N–H and O–H groups in total. The van der Waals surface area contributed by atoms with E-state index in [0.717, 1.165) is 17.0 Å². The van der Waals surface area contributed by atoms with E-state index in [4.69, 9.17) is 4.74 Å². The molecule has 5 rings (SSSR count). The summed E-state index contributed by atoms with van der Waals surface area (Å²) in [6.45, 7) is 0.0743. The number of carbonyl (C=O) groups is 1. The summed E-state index contributed by atoms with van der Waals surface area (Å²) in [7, 11) is 0. The monoisotopic (exact) mass is 371 g/mol. The summed E-state index contributed by atoms with van der Waals surface area (Å²) in [5.74, 6) is 0.607. The van der Waals surface area contributed by atoms with E-state index in [1.165, 1.54) is 21.6 Å². The van der Waals surface area contributed by atoms with Crippen molar-refractivity contribution in [2.45, 2.75) is 10.1 Å². The van der Waals surface area contributed by atoms with Gasteiger partial charge in [0.1, 0.15) is 5.75 Å². The maximum absolute atomic E-state index is 11.7. The Hall–Kier alpha value is -2.98. The van der Waals surface area contributed by atoms with Crippen LogP contribution in [0.5, 0.6) is 5.75 Å². The van der Waals surface area contributed by atoms with Crippen LogP contribution in [0.4, 0.5) is 5.69 Å². The van der Waals surface area contributed by atoms with Gasteiger partial charge in [-0.2, -0.15) is 0 Å². The molecular weight excluding hydrogens is 354 g/mol. The van der Waals surface area contributed by atoms with E-state index in [1.54, 1.807) is 0 Å². The molecule has 132 valence electrons. The molecule has 1 atom stereocenters. The van der Waals surface area contributed by atoms with Crippen LogP contribution in [0.25, 0.3) is 11.6 Å². The van der Waals surface area contributed by atoms with E-state index >= 15 is 0 Å². The molecule has 3 aromatic rings. The highest BCUT2D eigenvalue weighted by Gasteiger charge is 2.26. The quantitative estimate of drug-likeness (QED) is 0.655. The van der Waals surface area contributed by atoms with Crippen LogP contribution < -0.4 is 10.1 Å². The summed E-state index contributed by atoms with van der Waals surface area (Å²) in [6.07, 6.45) is 2.26. The summed E-state index contributed by atoms with van der Waals surface area (Å²) < 4.78 is 5.51. The lowest BCUT2D eigenvalue weighted by molar-refractivity contribution is -0.118. The van der Waals surface area contributed by atoms with Crippen LogP contribution in [0.3, 0.4) is 0 Å². The Morgan fingerprint density at radius 3 is 2.67 bits per heavy atom. The molecule has 0 radical (unpaired) electrons. The maximum atomic E-state index is 11.7. The number of nitrogens with one attached hydrogen (secondary N) is 1. The molecule has 27 heavy (non-hydrogen) atoms. The zero-order chi connectivity index (χ0) is 18.2. The topological polar surface area (TPSA) is 38.3 Å². The fourth-order valence-electron chi connectivity index (χ4n) is 3.51. The van der Waals surface area contributed by atoms with Crippen molar-refractivity contribution in [1.82, 2.24) is 0 Å². The summed E-state index contributed by atoms with van der Waals surface area (Å²) in [4.78, 5) is 13.0. The fraction of sp³-hybridized carbons (Fsp3) is 0.0870. The molecule has 2 aliphatic rings. The molecule has 0 fully saturated rings. The lowest BCUT2D eigenvalue weighted by Crippen LogP contribution is -2.25. The predicted octanol–water partition coefficient (Wildman–Crippen LogP) is 5.41. The first-order valence-electron chi connectivity index (χ1n) is 8.87. The number of hydrogen-bond acceptors (Lipinski definition) is 3. The molecule has 0 bridgehead atoms.